The van der Waals surface area contributed by atoms with Gasteiger partial charge in [-0.1, -0.05) is 18.1 Å². The van der Waals surface area contributed by atoms with Crippen LogP contribution < -0.4 is 16.8 Å². The molecule has 0 amide bonds. The molecule has 2 heterocycles. The van der Waals surface area contributed by atoms with Crippen LogP contribution >= 0.6 is 0 Å². The van der Waals surface area contributed by atoms with E-state index in [1.165, 1.54) is 19.0 Å². The fraction of sp³-hybridized carbons (Fsp3) is 0.294. The summed E-state index contributed by atoms with van der Waals surface area (Å²) in [4.78, 5) is 8.97. The van der Waals surface area contributed by atoms with Crippen LogP contribution in [-0.2, 0) is 0 Å². The quantitative estimate of drug-likeness (QED) is 0.624. The van der Waals surface area contributed by atoms with Gasteiger partial charge in [0.15, 0.2) is 11.2 Å². The van der Waals surface area contributed by atoms with Crippen LogP contribution in [0.3, 0.4) is 0 Å². The molecule has 0 radical (unpaired) electrons. The van der Waals surface area contributed by atoms with E-state index in [4.69, 9.17) is 11.5 Å². The zero-order valence-electron chi connectivity index (χ0n) is 13.8. The normalized spacial score (nSPS) is 15.4. The third-order valence-electron chi connectivity index (χ3n) is 4.47. The largest absolute Gasteiger partial charge is 0.405 e. The second-order valence-corrected chi connectivity index (χ2v) is 6.20. The minimum Gasteiger partial charge on any atom is -0.405 e. The molecule has 0 unspecified atom stereocenters. The molecule has 1 aliphatic carbocycles. The van der Waals surface area contributed by atoms with Gasteiger partial charge >= 0.3 is 0 Å². The fourth-order valence-corrected chi connectivity index (χ4v) is 3.17. The molecule has 2 aromatic heterocycles. The molecular weight excluding hydrogens is 316 g/mol. The van der Waals surface area contributed by atoms with Gasteiger partial charge in [-0.25, -0.2) is 4.98 Å². The summed E-state index contributed by atoms with van der Waals surface area (Å²) in [5, 5.41) is 11.8. The van der Waals surface area contributed by atoms with Gasteiger partial charge in [0.1, 0.15) is 0 Å². The molecule has 0 spiro atoms. The first-order valence-corrected chi connectivity index (χ1v) is 8.38. The van der Waals surface area contributed by atoms with Crippen molar-refractivity contribution in [1.82, 2.24) is 25.0 Å². The molecule has 0 atom stereocenters. The van der Waals surface area contributed by atoms with Crippen LogP contribution in [0.1, 0.15) is 31.2 Å². The highest BCUT2D eigenvalue weighted by molar-refractivity contribution is 5.73. The predicted molar refractivity (Wildman–Crippen MR) is 98.0 cm³/mol. The number of anilines is 2. The zero-order valence-corrected chi connectivity index (χ0v) is 13.8. The molecule has 0 saturated heterocycles. The summed E-state index contributed by atoms with van der Waals surface area (Å²) < 4.78 is 1.68. The van der Waals surface area contributed by atoms with Crippen molar-refractivity contribution >= 4 is 28.9 Å². The van der Waals surface area contributed by atoms with Crippen LogP contribution in [-0.4, -0.2) is 31.0 Å². The van der Waals surface area contributed by atoms with Crippen molar-refractivity contribution in [3.8, 4) is 5.69 Å². The van der Waals surface area contributed by atoms with E-state index < -0.39 is 0 Å². The van der Waals surface area contributed by atoms with E-state index in [1.807, 2.05) is 18.2 Å². The number of aromatic nitrogens is 5. The van der Waals surface area contributed by atoms with E-state index in [1.54, 1.807) is 17.0 Å². The van der Waals surface area contributed by atoms with Crippen LogP contribution in [0.2, 0.25) is 0 Å². The monoisotopic (exact) mass is 336 g/mol. The molecule has 1 aromatic carbocycles. The molecule has 0 aliphatic heterocycles. The van der Waals surface area contributed by atoms with Crippen LogP contribution in [0.15, 0.2) is 30.6 Å². The molecule has 4 rings (SSSR count). The second kappa shape index (κ2) is 6.39. The number of nitrogens with one attached hydrogen (secondary N) is 1. The van der Waals surface area contributed by atoms with Gasteiger partial charge in [-0.2, -0.15) is 9.67 Å². The van der Waals surface area contributed by atoms with Gasteiger partial charge in [0.2, 0.25) is 5.95 Å². The number of nitrogens with two attached hydrogens (primary N) is 2. The molecule has 5 N–H and O–H groups in total. The van der Waals surface area contributed by atoms with Gasteiger partial charge in [0.05, 0.1) is 11.9 Å². The number of rotatable bonds is 4. The number of nitrogen functional groups attached to an aromatic ring is 1. The Balaban J connectivity index is 1.73. The van der Waals surface area contributed by atoms with Crippen molar-refractivity contribution in [1.29, 1.82) is 0 Å². The van der Waals surface area contributed by atoms with Crippen LogP contribution in [0.5, 0.6) is 0 Å². The maximum Gasteiger partial charge on any atom is 0.225 e. The molecule has 3 aromatic rings. The molecule has 0 bridgehead atoms. The molecule has 25 heavy (non-hydrogen) atoms. The first-order chi connectivity index (χ1) is 12.2. The van der Waals surface area contributed by atoms with Crippen molar-refractivity contribution in [2.24, 2.45) is 5.73 Å². The number of fused-ring (bicyclic) bond motifs is 1. The molecular formula is C17H20N8. The Kier molecular flexibility index (Phi) is 3.93. The second-order valence-electron chi connectivity index (χ2n) is 6.20. The van der Waals surface area contributed by atoms with Gasteiger partial charge in [-0.15, -0.1) is 5.10 Å². The number of benzene rings is 1. The highest BCUT2D eigenvalue weighted by Crippen LogP contribution is 2.23. The van der Waals surface area contributed by atoms with Gasteiger partial charge in [0, 0.05) is 17.3 Å². The number of hydrogen-bond acceptors (Lipinski definition) is 7. The summed E-state index contributed by atoms with van der Waals surface area (Å²) in [5.41, 5.74) is 15.0. The third-order valence-corrected chi connectivity index (χ3v) is 4.47. The average Bonchev–Trinajstić information content (AvgIpc) is 3.26. The molecule has 1 aliphatic rings. The summed E-state index contributed by atoms with van der Waals surface area (Å²) in [6, 6.07) is 6.04. The lowest BCUT2D eigenvalue weighted by atomic mass is 10.1. The van der Waals surface area contributed by atoms with E-state index in [0.29, 0.717) is 28.8 Å². The maximum absolute atomic E-state index is 5.97. The van der Waals surface area contributed by atoms with E-state index in [0.717, 1.165) is 24.1 Å². The van der Waals surface area contributed by atoms with Gasteiger partial charge in [-0.05, 0) is 43.3 Å². The standard InChI is InChI=1S/C17H20N8/c18-8-7-11-9-13(5-6-14(11)19)25-16-15(23-24-25)10-20-17(22-16)21-12-3-1-2-4-12/h5-10,12H,1-4,18-19H2,(H,20,21,22)/b8-7-. The lowest BCUT2D eigenvalue weighted by Gasteiger charge is -2.11. The minimum absolute atomic E-state index is 0.444. The zero-order chi connectivity index (χ0) is 17.2. The predicted octanol–water partition coefficient (Wildman–Crippen LogP) is 2.08. The number of nitrogens with zero attached hydrogens (tertiary/aromatic N) is 5. The van der Waals surface area contributed by atoms with Crippen LogP contribution in [0.4, 0.5) is 11.6 Å². The van der Waals surface area contributed by atoms with Gasteiger partial charge < -0.3 is 16.8 Å². The molecule has 1 fully saturated rings. The van der Waals surface area contributed by atoms with Crippen molar-refractivity contribution in [3.05, 3.63) is 36.2 Å². The Hall–Kier alpha value is -3.16. The topological polar surface area (TPSA) is 121 Å². The molecule has 8 heteroatoms. The molecule has 128 valence electrons. The summed E-state index contributed by atoms with van der Waals surface area (Å²) in [6.45, 7) is 0. The Morgan fingerprint density at radius 2 is 2.08 bits per heavy atom. The maximum atomic E-state index is 5.97. The van der Waals surface area contributed by atoms with E-state index in [-0.39, 0.29) is 0 Å². The van der Waals surface area contributed by atoms with Crippen molar-refractivity contribution in [3.63, 3.8) is 0 Å². The molecule has 1 saturated carbocycles. The van der Waals surface area contributed by atoms with E-state index >= 15 is 0 Å². The summed E-state index contributed by atoms with van der Waals surface area (Å²) in [5.74, 6) is 0.612. The highest BCUT2D eigenvalue weighted by atomic mass is 15.4. The summed E-state index contributed by atoms with van der Waals surface area (Å²) in [7, 11) is 0. The van der Waals surface area contributed by atoms with Gasteiger partial charge in [-0.3, -0.25) is 0 Å². The fourth-order valence-electron chi connectivity index (χ4n) is 3.17. The van der Waals surface area contributed by atoms with Crippen molar-refractivity contribution in [2.45, 2.75) is 31.7 Å². The van der Waals surface area contributed by atoms with Gasteiger partial charge in [0.25, 0.3) is 0 Å². The lowest BCUT2D eigenvalue weighted by molar-refractivity contribution is 0.744. The Morgan fingerprint density at radius 1 is 1.24 bits per heavy atom. The van der Waals surface area contributed by atoms with Crippen LogP contribution in [0, 0.1) is 0 Å². The van der Waals surface area contributed by atoms with Crippen molar-refractivity contribution in [2.75, 3.05) is 11.1 Å². The summed E-state index contributed by atoms with van der Waals surface area (Å²) in [6.07, 6.45) is 9.73. The number of hydrogen-bond donors (Lipinski definition) is 3. The first kappa shape index (κ1) is 15.4. The van der Waals surface area contributed by atoms with Crippen LogP contribution in [0.25, 0.3) is 22.9 Å². The van der Waals surface area contributed by atoms with E-state index in [9.17, 15) is 0 Å². The summed E-state index contributed by atoms with van der Waals surface area (Å²) >= 11 is 0. The highest BCUT2D eigenvalue weighted by Gasteiger charge is 2.17. The Bertz CT molecular complexity index is 924. The SMILES string of the molecule is N/C=C\c1cc(-n2nnc3cnc(NC4CCCC4)nc32)ccc1N. The minimum atomic E-state index is 0.444. The molecule has 8 nitrogen and oxygen atoms in total. The van der Waals surface area contributed by atoms with E-state index in [2.05, 4.69) is 25.6 Å². The Labute approximate surface area is 144 Å². The third kappa shape index (κ3) is 2.98. The first-order valence-electron chi connectivity index (χ1n) is 8.38. The smallest absolute Gasteiger partial charge is 0.225 e. The lowest BCUT2D eigenvalue weighted by Crippen LogP contribution is -2.16. The van der Waals surface area contributed by atoms with Crippen molar-refractivity contribution < 1.29 is 0 Å². The average molecular weight is 336 g/mol. The Morgan fingerprint density at radius 3 is 2.88 bits per heavy atom.